The summed E-state index contributed by atoms with van der Waals surface area (Å²) < 4.78 is 7.16. The number of methoxy groups -OCH3 is 1. The molecular formula is C29H36N6O8. The van der Waals surface area contributed by atoms with Gasteiger partial charge in [-0.25, -0.2) is 19.6 Å². The Kier molecular flexibility index (Phi) is 9.33. The van der Waals surface area contributed by atoms with Gasteiger partial charge < -0.3 is 30.7 Å². The fourth-order valence-electron chi connectivity index (χ4n) is 4.07. The molecule has 0 aliphatic rings. The van der Waals surface area contributed by atoms with Gasteiger partial charge in [0.15, 0.2) is 0 Å². The number of aromatic nitrogens is 4. The fraction of sp³-hybridized carbons (Fsp3) is 0.379. The Morgan fingerprint density at radius 2 is 1.19 bits per heavy atom. The van der Waals surface area contributed by atoms with Gasteiger partial charge in [0.25, 0.3) is 11.1 Å². The maximum absolute atomic E-state index is 12.2. The van der Waals surface area contributed by atoms with Crippen LogP contribution in [0.1, 0.15) is 52.9 Å². The second-order valence-corrected chi connectivity index (χ2v) is 10.7. The average Bonchev–Trinajstić information content (AvgIpc) is 2.96. The van der Waals surface area contributed by atoms with E-state index in [1.54, 1.807) is 45.0 Å². The summed E-state index contributed by atoms with van der Waals surface area (Å²) in [4.78, 5) is 55.5. The van der Waals surface area contributed by atoms with Crippen molar-refractivity contribution in [2.24, 2.45) is 0 Å². The maximum atomic E-state index is 12.2. The minimum absolute atomic E-state index is 0.339. The van der Waals surface area contributed by atoms with Crippen LogP contribution in [0.25, 0.3) is 11.3 Å². The van der Waals surface area contributed by atoms with E-state index in [1.165, 1.54) is 42.2 Å². The summed E-state index contributed by atoms with van der Waals surface area (Å²) in [6, 6.07) is 6.60. The standard InChI is InChI=1S/C15H19N3O4.C14H17N3O4/c1-5-10-12(19)13(20)18-8-9(6-7-11(18)16-10)17-15(2,3)14(21)22-4;1-4-9-11(18)12(19)17-7-8(5-6-10(17)15-9)16-14(2,3)13(20)21/h6-8,17,19H,5H2,1-4H3;5-7,16,18H,4H2,1-3H3,(H,20,21). The molecule has 0 spiro atoms. The number of hydrogen-bond donors (Lipinski definition) is 5. The van der Waals surface area contributed by atoms with Crippen molar-refractivity contribution in [1.29, 1.82) is 0 Å². The summed E-state index contributed by atoms with van der Waals surface area (Å²) in [5.41, 5.74) is -0.740. The highest BCUT2D eigenvalue weighted by Gasteiger charge is 2.29. The lowest BCUT2D eigenvalue weighted by molar-refractivity contribution is -0.144. The second kappa shape index (κ2) is 12.4. The van der Waals surface area contributed by atoms with Gasteiger partial charge in [-0.3, -0.25) is 18.4 Å². The van der Waals surface area contributed by atoms with Crippen molar-refractivity contribution in [3.8, 4) is 11.5 Å². The Morgan fingerprint density at radius 3 is 1.53 bits per heavy atom. The number of aryl methyl sites for hydroxylation is 2. The molecule has 0 saturated heterocycles. The number of nitrogens with zero attached hydrogens (tertiary/aromatic N) is 4. The lowest BCUT2D eigenvalue weighted by atomic mass is 10.1. The molecule has 4 heterocycles. The number of carbonyl (C=O) groups excluding carboxylic acids is 1. The molecular weight excluding hydrogens is 560 g/mol. The zero-order valence-electron chi connectivity index (χ0n) is 25.1. The van der Waals surface area contributed by atoms with Gasteiger partial charge in [0.1, 0.15) is 22.4 Å². The van der Waals surface area contributed by atoms with Gasteiger partial charge in [-0.15, -0.1) is 0 Å². The molecule has 14 heteroatoms. The molecule has 0 atom stereocenters. The van der Waals surface area contributed by atoms with E-state index in [1.807, 2.05) is 6.92 Å². The molecule has 0 radical (unpaired) electrons. The molecule has 43 heavy (non-hydrogen) atoms. The molecule has 230 valence electrons. The van der Waals surface area contributed by atoms with Crippen LogP contribution in [0.3, 0.4) is 0 Å². The Morgan fingerprint density at radius 1 is 0.791 bits per heavy atom. The number of ether oxygens (including phenoxy) is 1. The largest absolute Gasteiger partial charge is 0.502 e. The molecule has 5 N–H and O–H groups in total. The SMILES string of the molecule is CCc1nc2ccc(NC(C)(C)C(=O)O)cn2c(=O)c1O.CCc1nc2ccc(NC(C)(C)C(=O)OC)cn2c(=O)c1O. The molecule has 0 fully saturated rings. The van der Waals surface area contributed by atoms with Gasteiger partial charge in [-0.2, -0.15) is 0 Å². The lowest BCUT2D eigenvalue weighted by Gasteiger charge is -2.24. The van der Waals surface area contributed by atoms with Crippen LogP contribution < -0.4 is 21.8 Å². The van der Waals surface area contributed by atoms with Crippen molar-refractivity contribution in [1.82, 2.24) is 18.8 Å². The number of aromatic hydroxyl groups is 2. The highest BCUT2D eigenvalue weighted by molar-refractivity contribution is 5.83. The predicted octanol–water partition coefficient (Wildman–Crippen LogP) is 2.56. The number of carboxylic acids is 1. The molecule has 4 aromatic rings. The van der Waals surface area contributed by atoms with E-state index in [0.29, 0.717) is 46.9 Å². The minimum Gasteiger partial charge on any atom is -0.502 e. The molecule has 0 saturated carbocycles. The Labute approximate surface area is 246 Å². The van der Waals surface area contributed by atoms with E-state index in [2.05, 4.69) is 20.6 Å². The first-order chi connectivity index (χ1) is 20.1. The van der Waals surface area contributed by atoms with Crippen LogP contribution >= 0.6 is 0 Å². The zero-order valence-corrected chi connectivity index (χ0v) is 25.1. The predicted molar refractivity (Wildman–Crippen MR) is 160 cm³/mol. The zero-order chi connectivity index (χ0) is 32.3. The first-order valence-electron chi connectivity index (χ1n) is 13.4. The highest BCUT2D eigenvalue weighted by atomic mass is 16.5. The Bertz CT molecular complexity index is 1810. The number of nitrogens with one attached hydrogen (secondary N) is 2. The number of pyridine rings is 2. The van der Waals surface area contributed by atoms with Crippen LogP contribution in [-0.4, -0.2) is 64.2 Å². The number of aliphatic carboxylic acids is 1. The first-order valence-corrected chi connectivity index (χ1v) is 13.4. The van der Waals surface area contributed by atoms with Crippen molar-refractivity contribution in [2.75, 3.05) is 17.7 Å². The van der Waals surface area contributed by atoms with Crippen molar-refractivity contribution >= 4 is 34.6 Å². The van der Waals surface area contributed by atoms with Crippen LogP contribution in [0.2, 0.25) is 0 Å². The van der Waals surface area contributed by atoms with Crippen molar-refractivity contribution in [3.05, 3.63) is 68.8 Å². The van der Waals surface area contributed by atoms with Gasteiger partial charge >= 0.3 is 11.9 Å². The molecule has 4 rings (SSSR count). The van der Waals surface area contributed by atoms with Gasteiger partial charge in [0.05, 0.1) is 29.9 Å². The molecule has 0 bridgehead atoms. The lowest BCUT2D eigenvalue weighted by Crippen LogP contribution is -2.41. The third-order valence-corrected chi connectivity index (χ3v) is 6.56. The molecule has 0 amide bonds. The number of fused-ring (bicyclic) bond motifs is 2. The van der Waals surface area contributed by atoms with E-state index in [9.17, 15) is 29.4 Å². The summed E-state index contributed by atoms with van der Waals surface area (Å²) in [6.45, 7) is 9.97. The average molecular weight is 597 g/mol. The van der Waals surface area contributed by atoms with Gasteiger partial charge in [-0.1, -0.05) is 13.8 Å². The Balaban J connectivity index is 0.000000236. The van der Waals surface area contributed by atoms with Crippen molar-refractivity contribution < 1.29 is 29.6 Å². The monoisotopic (exact) mass is 596 g/mol. The van der Waals surface area contributed by atoms with Crippen molar-refractivity contribution in [2.45, 2.75) is 65.5 Å². The van der Waals surface area contributed by atoms with Crippen LogP contribution in [0.4, 0.5) is 11.4 Å². The van der Waals surface area contributed by atoms with Crippen LogP contribution in [0, 0.1) is 0 Å². The van der Waals surface area contributed by atoms with Gasteiger partial charge in [-0.05, 0) is 64.8 Å². The van der Waals surface area contributed by atoms with Crippen LogP contribution in [0.15, 0.2) is 46.2 Å². The number of rotatable bonds is 8. The third-order valence-electron chi connectivity index (χ3n) is 6.56. The number of carboxylic acid groups (broad SMARTS) is 1. The number of hydrogen-bond acceptors (Lipinski definition) is 11. The first kappa shape index (κ1) is 32.4. The number of carbonyl (C=O) groups is 2. The summed E-state index contributed by atoms with van der Waals surface area (Å²) in [5, 5.41) is 34.6. The minimum atomic E-state index is -1.18. The van der Waals surface area contributed by atoms with E-state index >= 15 is 0 Å². The van der Waals surface area contributed by atoms with Crippen LogP contribution in [-0.2, 0) is 27.2 Å². The van der Waals surface area contributed by atoms with Crippen molar-refractivity contribution in [3.63, 3.8) is 0 Å². The number of anilines is 2. The van der Waals surface area contributed by atoms with Crippen LogP contribution in [0.5, 0.6) is 11.5 Å². The van der Waals surface area contributed by atoms with E-state index < -0.39 is 34.1 Å². The quantitative estimate of drug-likeness (QED) is 0.187. The maximum Gasteiger partial charge on any atom is 0.330 e. The summed E-state index contributed by atoms with van der Waals surface area (Å²) in [5.74, 6) is -2.19. The molecule has 14 nitrogen and oxygen atoms in total. The third kappa shape index (κ3) is 6.85. The van der Waals surface area contributed by atoms with E-state index in [-0.39, 0.29) is 11.5 Å². The highest BCUT2D eigenvalue weighted by Crippen LogP contribution is 2.19. The summed E-state index contributed by atoms with van der Waals surface area (Å²) in [7, 11) is 1.31. The second-order valence-electron chi connectivity index (χ2n) is 10.7. The van der Waals surface area contributed by atoms with E-state index in [4.69, 9.17) is 9.84 Å². The van der Waals surface area contributed by atoms with E-state index in [0.717, 1.165) is 0 Å². The normalized spacial score (nSPS) is 11.5. The summed E-state index contributed by atoms with van der Waals surface area (Å²) in [6.07, 6.45) is 3.83. The molecule has 0 aliphatic carbocycles. The Hall–Kier alpha value is -5.14. The smallest absolute Gasteiger partial charge is 0.330 e. The molecule has 0 aliphatic heterocycles. The molecule has 4 aromatic heterocycles. The summed E-state index contributed by atoms with van der Waals surface area (Å²) >= 11 is 0. The molecule has 0 aromatic carbocycles. The van der Waals surface area contributed by atoms with Gasteiger partial charge in [0.2, 0.25) is 11.5 Å². The number of esters is 1. The van der Waals surface area contributed by atoms with Gasteiger partial charge in [0, 0.05) is 12.4 Å². The fourth-order valence-corrected chi connectivity index (χ4v) is 4.07. The molecule has 0 unspecified atom stereocenters. The topological polar surface area (TPSA) is 197 Å².